The summed E-state index contributed by atoms with van der Waals surface area (Å²) in [5.74, 6) is 0. The lowest BCUT2D eigenvalue weighted by Gasteiger charge is -2.31. The second-order valence-electron chi connectivity index (χ2n) is 3.91. The normalized spacial score (nSPS) is 20.2. The number of benzene rings is 1. The molecule has 0 spiro atoms. The van der Waals surface area contributed by atoms with Gasteiger partial charge >= 0.3 is 0 Å². The van der Waals surface area contributed by atoms with E-state index in [0.29, 0.717) is 0 Å². The van der Waals surface area contributed by atoms with E-state index in [9.17, 15) is 0 Å². The summed E-state index contributed by atoms with van der Waals surface area (Å²) in [5, 5.41) is 1.15. The average Bonchev–Trinajstić information content (AvgIpc) is 2.39. The van der Waals surface area contributed by atoms with E-state index in [1.165, 1.54) is 10.5 Å². The molecule has 0 amide bonds. The van der Waals surface area contributed by atoms with Gasteiger partial charge in [-0.1, -0.05) is 30.0 Å². The maximum atomic E-state index is 5.35. The zero-order valence-corrected chi connectivity index (χ0v) is 9.87. The molecule has 2 heterocycles. The van der Waals surface area contributed by atoms with Gasteiger partial charge in [-0.25, -0.2) is 0 Å². The van der Waals surface area contributed by atoms with Crippen molar-refractivity contribution >= 4 is 16.9 Å². The Morgan fingerprint density at radius 2 is 2.00 bits per heavy atom. The third-order valence-corrected chi connectivity index (χ3v) is 4.03. The lowest BCUT2D eigenvalue weighted by Crippen LogP contribution is -2.40. The van der Waals surface area contributed by atoms with Crippen LogP contribution < -0.4 is 0 Å². The Hall–Kier alpha value is -1.000. The van der Waals surface area contributed by atoms with Crippen molar-refractivity contribution in [3.8, 4) is 0 Å². The summed E-state index contributed by atoms with van der Waals surface area (Å²) in [7, 11) is 0. The molecule has 0 N–H and O–H groups in total. The summed E-state index contributed by atoms with van der Waals surface area (Å²) >= 11 is 1.78. The number of morpholine rings is 1. The second-order valence-corrected chi connectivity index (χ2v) is 4.92. The largest absolute Gasteiger partial charge is 0.378 e. The van der Waals surface area contributed by atoms with Crippen molar-refractivity contribution < 1.29 is 4.74 Å². The van der Waals surface area contributed by atoms with E-state index in [4.69, 9.17) is 4.74 Å². The molecule has 0 aromatic heterocycles. The van der Waals surface area contributed by atoms with Crippen LogP contribution in [0.15, 0.2) is 34.2 Å². The van der Waals surface area contributed by atoms with E-state index in [2.05, 4.69) is 34.2 Å². The minimum atomic E-state index is 0.815. The van der Waals surface area contributed by atoms with Crippen LogP contribution >= 0.6 is 11.8 Å². The van der Waals surface area contributed by atoms with Gasteiger partial charge in [0.2, 0.25) is 0 Å². The van der Waals surface area contributed by atoms with E-state index in [-0.39, 0.29) is 0 Å². The predicted octanol–water partition coefficient (Wildman–Crippen LogP) is 1.98. The van der Waals surface area contributed by atoms with E-state index < -0.39 is 0 Å². The maximum absolute atomic E-state index is 5.35. The Morgan fingerprint density at radius 3 is 2.88 bits per heavy atom. The van der Waals surface area contributed by atoms with Crippen molar-refractivity contribution in [3.05, 3.63) is 29.8 Å². The molecule has 2 aliphatic rings. The predicted molar refractivity (Wildman–Crippen MR) is 65.8 cm³/mol. The van der Waals surface area contributed by atoms with Gasteiger partial charge in [-0.2, -0.15) is 0 Å². The second kappa shape index (κ2) is 4.47. The van der Waals surface area contributed by atoms with Gasteiger partial charge in [0.1, 0.15) is 0 Å². The van der Waals surface area contributed by atoms with Crippen molar-refractivity contribution in [2.45, 2.75) is 11.4 Å². The van der Waals surface area contributed by atoms with Crippen molar-refractivity contribution in [3.63, 3.8) is 0 Å². The highest BCUT2D eigenvalue weighted by Gasteiger charge is 2.20. The summed E-state index contributed by atoms with van der Waals surface area (Å²) in [6.45, 7) is 4.39. The first kappa shape index (κ1) is 10.2. The Kier molecular flexibility index (Phi) is 2.84. The van der Waals surface area contributed by atoms with Crippen LogP contribution in [0.3, 0.4) is 0 Å². The molecule has 0 saturated carbocycles. The molecule has 84 valence electrons. The van der Waals surface area contributed by atoms with E-state index >= 15 is 0 Å². The number of aliphatic imine (C=N–C) groups is 1. The highest BCUT2D eigenvalue weighted by atomic mass is 32.2. The number of hydrogen-bond acceptors (Lipinski definition) is 4. The number of thioether (sulfide) groups is 1. The minimum Gasteiger partial charge on any atom is -0.378 e. The van der Waals surface area contributed by atoms with Gasteiger partial charge in [0.05, 0.1) is 19.8 Å². The van der Waals surface area contributed by atoms with Gasteiger partial charge < -0.3 is 9.64 Å². The topological polar surface area (TPSA) is 24.8 Å². The highest BCUT2D eigenvalue weighted by molar-refractivity contribution is 8.13. The number of fused-ring (bicyclic) bond motifs is 1. The summed E-state index contributed by atoms with van der Waals surface area (Å²) in [5.41, 5.74) is 1.34. The van der Waals surface area contributed by atoms with Crippen LogP contribution in [0.4, 0.5) is 0 Å². The van der Waals surface area contributed by atoms with E-state index in [1.807, 2.05) is 0 Å². The van der Waals surface area contributed by atoms with Crippen LogP contribution in [0.2, 0.25) is 0 Å². The summed E-state index contributed by atoms with van der Waals surface area (Å²) in [4.78, 5) is 8.31. The highest BCUT2D eigenvalue weighted by Crippen LogP contribution is 2.30. The molecule has 1 aromatic rings. The van der Waals surface area contributed by atoms with Crippen LogP contribution in [0.25, 0.3) is 0 Å². The van der Waals surface area contributed by atoms with E-state index in [0.717, 1.165) is 38.0 Å². The molecule has 2 aliphatic heterocycles. The third kappa shape index (κ3) is 1.95. The van der Waals surface area contributed by atoms with Crippen LogP contribution in [0.5, 0.6) is 0 Å². The van der Waals surface area contributed by atoms with E-state index in [1.54, 1.807) is 11.8 Å². The first-order valence-electron chi connectivity index (χ1n) is 5.56. The summed E-state index contributed by atoms with van der Waals surface area (Å²) in [6.07, 6.45) is 0. The van der Waals surface area contributed by atoms with Gasteiger partial charge in [-0.05, 0) is 11.6 Å². The fourth-order valence-electron chi connectivity index (χ4n) is 1.94. The Bertz CT molecular complexity index is 413. The molecule has 1 aromatic carbocycles. The SMILES string of the molecule is c1ccc2c(c1)CN=C(N1CCOCC1)S2. The molecule has 0 radical (unpaired) electrons. The first-order valence-corrected chi connectivity index (χ1v) is 6.38. The molecule has 4 heteroatoms. The smallest absolute Gasteiger partial charge is 0.164 e. The van der Waals surface area contributed by atoms with Crippen molar-refractivity contribution in [2.75, 3.05) is 26.3 Å². The molecular formula is C12H14N2OS. The average molecular weight is 234 g/mol. The fourth-order valence-corrected chi connectivity index (χ4v) is 2.98. The van der Waals surface area contributed by atoms with Gasteiger partial charge in [-0.3, -0.25) is 4.99 Å². The molecular weight excluding hydrogens is 220 g/mol. The van der Waals surface area contributed by atoms with Gasteiger partial charge in [-0.15, -0.1) is 0 Å². The molecule has 0 aliphatic carbocycles. The Morgan fingerprint density at radius 1 is 1.19 bits per heavy atom. The minimum absolute atomic E-state index is 0.815. The lowest BCUT2D eigenvalue weighted by molar-refractivity contribution is 0.0692. The Balaban J connectivity index is 1.77. The fraction of sp³-hybridized carbons (Fsp3) is 0.417. The van der Waals surface area contributed by atoms with Crippen LogP contribution in [-0.4, -0.2) is 36.4 Å². The number of amidine groups is 1. The lowest BCUT2D eigenvalue weighted by atomic mass is 10.2. The van der Waals surface area contributed by atoms with Crippen molar-refractivity contribution in [2.24, 2.45) is 4.99 Å². The monoisotopic (exact) mass is 234 g/mol. The molecule has 1 fully saturated rings. The van der Waals surface area contributed by atoms with Crippen LogP contribution in [-0.2, 0) is 11.3 Å². The number of ether oxygens (including phenoxy) is 1. The van der Waals surface area contributed by atoms with Crippen LogP contribution in [0.1, 0.15) is 5.56 Å². The first-order chi connectivity index (χ1) is 7.93. The standard InChI is InChI=1S/C12H14N2OS/c1-2-4-11-10(3-1)9-13-12(16-11)14-5-7-15-8-6-14/h1-4H,5-9H2. The van der Waals surface area contributed by atoms with Gasteiger partial charge in [0, 0.05) is 18.0 Å². The van der Waals surface area contributed by atoms with Crippen LogP contribution in [0, 0.1) is 0 Å². The quantitative estimate of drug-likeness (QED) is 0.686. The maximum Gasteiger partial charge on any atom is 0.164 e. The molecule has 0 bridgehead atoms. The van der Waals surface area contributed by atoms with Gasteiger partial charge in [0.15, 0.2) is 5.17 Å². The molecule has 3 rings (SSSR count). The van der Waals surface area contributed by atoms with Crippen molar-refractivity contribution in [1.82, 2.24) is 4.90 Å². The number of hydrogen-bond donors (Lipinski definition) is 0. The molecule has 3 nitrogen and oxygen atoms in total. The molecule has 0 unspecified atom stereocenters. The zero-order valence-electron chi connectivity index (χ0n) is 9.06. The molecule has 1 saturated heterocycles. The summed E-state index contributed by atoms with van der Waals surface area (Å²) < 4.78 is 5.35. The number of nitrogens with zero attached hydrogens (tertiary/aromatic N) is 2. The third-order valence-electron chi connectivity index (χ3n) is 2.84. The Labute approximate surface area is 99.5 Å². The molecule has 0 atom stereocenters. The van der Waals surface area contributed by atoms with Gasteiger partial charge in [0.25, 0.3) is 0 Å². The molecule has 16 heavy (non-hydrogen) atoms. The summed E-state index contributed by atoms with van der Waals surface area (Å²) in [6, 6.07) is 8.50. The number of rotatable bonds is 0. The van der Waals surface area contributed by atoms with Crippen molar-refractivity contribution in [1.29, 1.82) is 0 Å². The zero-order chi connectivity index (χ0) is 10.8.